The van der Waals surface area contributed by atoms with Gasteiger partial charge in [-0.1, -0.05) is 12.1 Å². The molecule has 0 aliphatic carbocycles. The van der Waals surface area contributed by atoms with Crippen LogP contribution >= 0.6 is 49.7 Å². The highest BCUT2D eigenvalue weighted by Crippen LogP contribution is 2.17. The molecule has 10 heteroatoms. The van der Waals surface area contributed by atoms with Crippen LogP contribution in [0, 0.1) is 0 Å². The Morgan fingerprint density at radius 3 is 2.18 bits per heavy atom. The van der Waals surface area contributed by atoms with E-state index < -0.39 is 0 Å². The Labute approximate surface area is 121 Å². The van der Waals surface area contributed by atoms with Crippen molar-refractivity contribution in [3.63, 3.8) is 0 Å². The standard InChI is InChI=1S/C7H14N4O2S4/c12-8-13-11(7(16)17)10(6(14)15)9-4-2-1-3-5-9/h8,12H,1-5H2,(H,14,15)(H,16,17). The molecule has 0 saturated carbocycles. The van der Waals surface area contributed by atoms with Gasteiger partial charge in [0.15, 0.2) is 8.64 Å². The summed E-state index contributed by atoms with van der Waals surface area (Å²) in [6.45, 7) is 1.62. The zero-order chi connectivity index (χ0) is 12.8. The van der Waals surface area contributed by atoms with Crippen LogP contribution < -0.4 is 5.64 Å². The van der Waals surface area contributed by atoms with Crippen LogP contribution in [-0.2, 0) is 4.94 Å². The van der Waals surface area contributed by atoms with Gasteiger partial charge in [0.05, 0.1) is 0 Å². The maximum atomic E-state index is 8.59. The molecule has 0 atom stereocenters. The molecule has 0 aromatic rings. The minimum absolute atomic E-state index is 0.0912. The highest BCUT2D eigenvalue weighted by Gasteiger charge is 2.27. The molecule has 6 nitrogen and oxygen atoms in total. The summed E-state index contributed by atoms with van der Waals surface area (Å²) in [6.07, 6.45) is 3.27. The van der Waals surface area contributed by atoms with Crippen LogP contribution in [0.25, 0.3) is 0 Å². The summed E-state index contributed by atoms with van der Waals surface area (Å²) >= 11 is 18.1. The quantitative estimate of drug-likeness (QED) is 0.352. The second kappa shape index (κ2) is 7.69. The molecular weight excluding hydrogens is 300 g/mol. The largest absolute Gasteiger partial charge is 0.290 e. The third kappa shape index (κ3) is 4.48. The molecule has 1 aliphatic rings. The number of hydroxylamine groups is 1. The van der Waals surface area contributed by atoms with Gasteiger partial charge in [-0.3, -0.25) is 5.21 Å². The fraction of sp³-hybridized carbons (Fsp3) is 0.714. The minimum Gasteiger partial charge on any atom is -0.290 e. The Bertz CT molecular complexity index is 287. The molecular formula is C7H14N4O2S4. The molecule has 1 aliphatic heterocycles. The number of hydrogen-bond donors (Lipinski definition) is 4. The number of piperidine rings is 1. The first-order chi connectivity index (χ1) is 8.07. The molecule has 1 saturated heterocycles. The van der Waals surface area contributed by atoms with Crippen molar-refractivity contribution in [1.82, 2.24) is 20.9 Å². The summed E-state index contributed by atoms with van der Waals surface area (Å²) < 4.78 is 0.340. The van der Waals surface area contributed by atoms with Crippen molar-refractivity contribution in [3.05, 3.63) is 0 Å². The molecule has 0 radical (unpaired) electrons. The van der Waals surface area contributed by atoms with E-state index in [1.54, 1.807) is 5.64 Å². The van der Waals surface area contributed by atoms with Gasteiger partial charge >= 0.3 is 0 Å². The third-order valence-corrected chi connectivity index (χ3v) is 2.90. The van der Waals surface area contributed by atoms with Crippen LogP contribution in [0.5, 0.6) is 0 Å². The van der Waals surface area contributed by atoms with E-state index >= 15 is 0 Å². The van der Waals surface area contributed by atoms with Gasteiger partial charge in [-0.2, -0.15) is 10.1 Å². The predicted molar refractivity (Wildman–Crippen MR) is 78.3 cm³/mol. The molecule has 0 unspecified atom stereocenters. The Morgan fingerprint density at radius 1 is 1.18 bits per heavy atom. The van der Waals surface area contributed by atoms with E-state index in [-0.39, 0.29) is 8.64 Å². The fourth-order valence-electron chi connectivity index (χ4n) is 1.58. The lowest BCUT2D eigenvalue weighted by Crippen LogP contribution is -2.57. The van der Waals surface area contributed by atoms with Gasteiger partial charge in [0, 0.05) is 13.1 Å². The highest BCUT2D eigenvalue weighted by atomic mass is 32.1. The second-order valence-corrected chi connectivity index (χ2v) is 5.55. The Morgan fingerprint density at radius 2 is 1.76 bits per heavy atom. The van der Waals surface area contributed by atoms with E-state index in [9.17, 15) is 0 Å². The lowest BCUT2D eigenvalue weighted by atomic mass is 10.2. The topological polar surface area (TPSA) is 51.2 Å². The van der Waals surface area contributed by atoms with Crippen molar-refractivity contribution in [3.8, 4) is 0 Å². The summed E-state index contributed by atoms with van der Waals surface area (Å²) in [6, 6.07) is 0. The van der Waals surface area contributed by atoms with Crippen LogP contribution in [0.1, 0.15) is 19.3 Å². The smallest absolute Gasteiger partial charge is 0.185 e. The number of hydrazine groups is 2. The van der Waals surface area contributed by atoms with Crippen LogP contribution in [0.15, 0.2) is 0 Å². The molecule has 2 N–H and O–H groups in total. The number of rotatable bonds is 3. The van der Waals surface area contributed by atoms with E-state index in [1.165, 1.54) is 11.5 Å². The SMILES string of the molecule is ONON(C(=S)S)N(C(=S)S)N1CCCCC1. The van der Waals surface area contributed by atoms with Crippen LogP contribution in [0.4, 0.5) is 0 Å². The van der Waals surface area contributed by atoms with E-state index in [2.05, 4.69) is 25.3 Å². The zero-order valence-electron chi connectivity index (χ0n) is 8.94. The summed E-state index contributed by atoms with van der Waals surface area (Å²) in [5.41, 5.74) is 1.55. The highest BCUT2D eigenvalue weighted by molar-refractivity contribution is 8.11. The van der Waals surface area contributed by atoms with E-state index in [0.717, 1.165) is 31.1 Å². The van der Waals surface area contributed by atoms with Crippen molar-refractivity contribution >= 4 is 58.3 Å². The average molecular weight is 314 g/mol. The van der Waals surface area contributed by atoms with Crippen molar-refractivity contribution < 1.29 is 10.1 Å². The molecule has 1 fully saturated rings. The summed E-state index contributed by atoms with van der Waals surface area (Å²) in [4.78, 5) is 4.75. The Hall–Kier alpha value is 0.320. The number of hydrogen-bond acceptors (Lipinski definition) is 6. The molecule has 0 bridgehead atoms. The summed E-state index contributed by atoms with van der Waals surface area (Å²) in [5, 5.41) is 13.0. The van der Waals surface area contributed by atoms with Crippen molar-refractivity contribution in [2.75, 3.05) is 13.1 Å². The van der Waals surface area contributed by atoms with Gasteiger partial charge in [0.2, 0.25) is 0 Å². The maximum absolute atomic E-state index is 8.59. The molecule has 0 aromatic heterocycles. The van der Waals surface area contributed by atoms with E-state index in [4.69, 9.17) is 34.6 Å². The first-order valence-electron chi connectivity index (χ1n) is 4.95. The van der Waals surface area contributed by atoms with E-state index in [0.29, 0.717) is 0 Å². The lowest BCUT2D eigenvalue weighted by molar-refractivity contribution is -0.342. The Balaban J connectivity index is 2.80. The van der Waals surface area contributed by atoms with Gasteiger partial charge in [-0.25, -0.2) is 0 Å². The maximum Gasteiger partial charge on any atom is 0.185 e. The second-order valence-electron chi connectivity index (χ2n) is 3.32. The zero-order valence-corrected chi connectivity index (χ0v) is 12.4. The monoisotopic (exact) mass is 314 g/mol. The normalized spacial score (nSPS) is 16.6. The van der Waals surface area contributed by atoms with Crippen molar-refractivity contribution in [2.45, 2.75) is 19.3 Å². The van der Waals surface area contributed by atoms with Gasteiger partial charge in [0.25, 0.3) is 0 Å². The van der Waals surface area contributed by atoms with Gasteiger partial charge in [-0.05, 0) is 37.3 Å². The molecule has 1 heterocycles. The lowest BCUT2D eigenvalue weighted by Gasteiger charge is -2.41. The molecule has 17 heavy (non-hydrogen) atoms. The first kappa shape index (κ1) is 15.4. The minimum atomic E-state index is 0.0912. The molecule has 0 amide bonds. The van der Waals surface area contributed by atoms with Gasteiger partial charge in [0.1, 0.15) is 0 Å². The number of thiocarbonyl (C=S) groups is 2. The molecule has 1 rings (SSSR count). The molecule has 0 spiro atoms. The van der Waals surface area contributed by atoms with Crippen molar-refractivity contribution in [2.24, 2.45) is 0 Å². The van der Waals surface area contributed by atoms with Crippen LogP contribution in [0.3, 0.4) is 0 Å². The van der Waals surface area contributed by atoms with Gasteiger partial charge < -0.3 is 0 Å². The van der Waals surface area contributed by atoms with E-state index in [1.807, 2.05) is 5.01 Å². The summed E-state index contributed by atoms with van der Waals surface area (Å²) in [5.74, 6) is 0. The van der Waals surface area contributed by atoms with Crippen LogP contribution in [0.2, 0.25) is 0 Å². The molecule has 98 valence electrons. The Kier molecular flexibility index (Phi) is 6.95. The predicted octanol–water partition coefficient (Wildman–Crippen LogP) is 1.16. The number of nitrogens with zero attached hydrogens (tertiary/aromatic N) is 3. The number of thiol groups is 2. The van der Waals surface area contributed by atoms with Crippen molar-refractivity contribution in [1.29, 1.82) is 0 Å². The first-order valence-corrected chi connectivity index (χ1v) is 6.66. The summed E-state index contributed by atoms with van der Waals surface area (Å²) in [7, 11) is 0. The average Bonchev–Trinajstić information content (AvgIpc) is 2.29. The fourth-order valence-corrected chi connectivity index (χ4v) is 2.22. The van der Waals surface area contributed by atoms with Gasteiger partial charge in [-0.15, -0.1) is 35.4 Å². The van der Waals surface area contributed by atoms with Crippen LogP contribution in [-0.4, -0.2) is 42.2 Å². The molecule has 0 aromatic carbocycles. The third-order valence-electron chi connectivity index (χ3n) is 2.23. The number of nitrogens with one attached hydrogen (secondary N) is 1.